The number of furan rings is 1. The van der Waals surface area contributed by atoms with Gasteiger partial charge in [-0.1, -0.05) is 36.4 Å². The summed E-state index contributed by atoms with van der Waals surface area (Å²) >= 11 is 0. The maximum absolute atomic E-state index is 12.5. The number of rotatable bonds is 5. The lowest BCUT2D eigenvalue weighted by molar-refractivity contribution is 0.104. The molecule has 0 saturated carbocycles. The molecule has 0 fully saturated rings. The Morgan fingerprint density at radius 3 is 2.06 bits per heavy atom. The Balaban J connectivity index is 1.41. The summed E-state index contributed by atoms with van der Waals surface area (Å²) in [7, 11) is 0. The van der Waals surface area contributed by atoms with Gasteiger partial charge in [0.2, 0.25) is 13.6 Å². The van der Waals surface area contributed by atoms with Crippen LogP contribution in [0.1, 0.15) is 16.1 Å². The highest BCUT2D eigenvalue weighted by molar-refractivity contribution is 6.06. The summed E-state index contributed by atoms with van der Waals surface area (Å²) in [5.41, 5.74) is 3.22. The van der Waals surface area contributed by atoms with Crippen LogP contribution in [0, 0.1) is 0 Å². The molecule has 0 N–H and O–H groups in total. The van der Waals surface area contributed by atoms with Crippen LogP contribution in [0.3, 0.4) is 0 Å². The summed E-state index contributed by atoms with van der Waals surface area (Å²) in [6.45, 7) is 0.399. The molecular formula is C27H18O6. The molecule has 3 heterocycles. The van der Waals surface area contributed by atoms with Gasteiger partial charge in [-0.15, -0.1) is 0 Å². The molecule has 2 aliphatic rings. The van der Waals surface area contributed by atoms with Crippen LogP contribution in [0.4, 0.5) is 0 Å². The van der Waals surface area contributed by atoms with E-state index >= 15 is 0 Å². The normalized spacial score (nSPS) is 13.6. The second kappa shape index (κ2) is 7.91. The van der Waals surface area contributed by atoms with Gasteiger partial charge >= 0.3 is 0 Å². The molecule has 6 heteroatoms. The summed E-state index contributed by atoms with van der Waals surface area (Å²) < 4.78 is 28.2. The maximum Gasteiger partial charge on any atom is 0.231 e. The van der Waals surface area contributed by atoms with Crippen molar-refractivity contribution in [2.75, 3.05) is 13.6 Å². The molecule has 0 saturated heterocycles. The van der Waals surface area contributed by atoms with Crippen LogP contribution in [0.5, 0.6) is 23.0 Å². The van der Waals surface area contributed by atoms with Gasteiger partial charge in [0.05, 0.1) is 0 Å². The smallest absolute Gasteiger partial charge is 0.231 e. The predicted molar refractivity (Wildman–Crippen MR) is 122 cm³/mol. The second-order valence-corrected chi connectivity index (χ2v) is 7.59. The van der Waals surface area contributed by atoms with E-state index in [1.54, 1.807) is 18.2 Å². The van der Waals surface area contributed by atoms with E-state index in [1.807, 2.05) is 60.7 Å². The first-order valence-electron chi connectivity index (χ1n) is 10.5. The van der Waals surface area contributed by atoms with Gasteiger partial charge in [0.1, 0.15) is 11.5 Å². The molecule has 0 unspecified atom stereocenters. The van der Waals surface area contributed by atoms with Gasteiger partial charge in [0.25, 0.3) is 0 Å². The van der Waals surface area contributed by atoms with Gasteiger partial charge in [-0.3, -0.25) is 4.79 Å². The lowest BCUT2D eigenvalue weighted by Gasteiger charge is -2.05. The number of fused-ring (bicyclic) bond motifs is 2. The number of ketones is 1. The predicted octanol–water partition coefficient (Wildman–Crippen LogP) is 5.97. The monoisotopic (exact) mass is 438 g/mol. The quantitative estimate of drug-likeness (QED) is 0.283. The Kier molecular flexibility index (Phi) is 4.61. The summed E-state index contributed by atoms with van der Waals surface area (Å²) in [5, 5.41) is 0. The van der Waals surface area contributed by atoms with Crippen LogP contribution in [0.15, 0.2) is 83.3 Å². The largest absolute Gasteiger partial charge is 0.456 e. The number of allylic oxidation sites excluding steroid dienone is 1. The molecule has 4 aromatic rings. The highest BCUT2D eigenvalue weighted by Crippen LogP contribution is 2.43. The Morgan fingerprint density at radius 2 is 1.33 bits per heavy atom. The van der Waals surface area contributed by atoms with Crippen molar-refractivity contribution in [1.82, 2.24) is 0 Å². The van der Waals surface area contributed by atoms with Crippen molar-refractivity contribution in [2.24, 2.45) is 0 Å². The summed E-state index contributed by atoms with van der Waals surface area (Å²) in [6.07, 6.45) is 3.20. The third-order valence-electron chi connectivity index (χ3n) is 5.53. The maximum atomic E-state index is 12.5. The van der Waals surface area contributed by atoms with Crippen LogP contribution < -0.4 is 18.9 Å². The molecule has 0 bridgehead atoms. The Bertz CT molecular complexity index is 1310. The number of carbonyl (C=O) groups is 1. The van der Waals surface area contributed by atoms with Crippen molar-refractivity contribution in [3.63, 3.8) is 0 Å². The zero-order valence-corrected chi connectivity index (χ0v) is 17.4. The lowest BCUT2D eigenvalue weighted by Crippen LogP contribution is -1.92. The van der Waals surface area contributed by atoms with Crippen LogP contribution in [0.25, 0.3) is 28.5 Å². The van der Waals surface area contributed by atoms with Crippen molar-refractivity contribution in [3.8, 4) is 45.4 Å². The molecule has 0 radical (unpaired) electrons. The molecule has 6 rings (SSSR count). The first-order valence-corrected chi connectivity index (χ1v) is 10.5. The molecule has 162 valence electrons. The molecule has 3 aromatic carbocycles. The zero-order valence-electron chi connectivity index (χ0n) is 17.4. The number of hydrogen-bond donors (Lipinski definition) is 0. The van der Waals surface area contributed by atoms with Gasteiger partial charge in [-0.25, -0.2) is 0 Å². The lowest BCUT2D eigenvalue weighted by atomic mass is 10.0. The summed E-state index contributed by atoms with van der Waals surface area (Å²) in [5.74, 6) is 3.86. The van der Waals surface area contributed by atoms with E-state index in [2.05, 4.69) is 0 Å². The fraction of sp³-hybridized carbons (Fsp3) is 0.0741. The molecule has 2 aliphatic heterocycles. The van der Waals surface area contributed by atoms with E-state index in [0.29, 0.717) is 40.1 Å². The van der Waals surface area contributed by atoms with E-state index in [9.17, 15) is 4.79 Å². The first-order chi connectivity index (χ1) is 16.2. The topological polar surface area (TPSA) is 67.1 Å². The number of ether oxygens (including phenoxy) is 4. The summed E-state index contributed by atoms with van der Waals surface area (Å²) in [6, 6.07) is 22.5. The minimum absolute atomic E-state index is 0.0961. The molecule has 6 nitrogen and oxygen atoms in total. The third-order valence-corrected chi connectivity index (χ3v) is 5.53. The van der Waals surface area contributed by atoms with E-state index in [-0.39, 0.29) is 19.4 Å². The van der Waals surface area contributed by atoms with Gasteiger partial charge in [-0.2, -0.15) is 0 Å². The van der Waals surface area contributed by atoms with E-state index in [4.69, 9.17) is 23.4 Å². The van der Waals surface area contributed by atoms with Crippen LogP contribution in [0.2, 0.25) is 0 Å². The number of benzene rings is 3. The van der Waals surface area contributed by atoms with Crippen LogP contribution in [-0.4, -0.2) is 19.4 Å². The van der Waals surface area contributed by atoms with Crippen molar-refractivity contribution in [3.05, 3.63) is 90.2 Å². The first kappa shape index (κ1) is 19.3. The van der Waals surface area contributed by atoms with E-state index in [0.717, 1.165) is 16.7 Å². The van der Waals surface area contributed by atoms with Crippen molar-refractivity contribution in [1.29, 1.82) is 0 Å². The fourth-order valence-corrected chi connectivity index (χ4v) is 3.88. The SMILES string of the molecule is O=C(/C=C/c1cc(-c2ccc3c(c2)OCO3)c(-c2ccc3c(c2)OCO3)o1)c1ccccc1. The highest BCUT2D eigenvalue weighted by Gasteiger charge is 2.21. The highest BCUT2D eigenvalue weighted by atomic mass is 16.7. The second-order valence-electron chi connectivity index (χ2n) is 7.59. The molecular weight excluding hydrogens is 420 g/mol. The van der Waals surface area contributed by atoms with Crippen LogP contribution in [-0.2, 0) is 0 Å². The average molecular weight is 438 g/mol. The molecule has 0 atom stereocenters. The van der Waals surface area contributed by atoms with Crippen LogP contribution >= 0.6 is 0 Å². The Morgan fingerprint density at radius 1 is 0.697 bits per heavy atom. The summed E-state index contributed by atoms with van der Waals surface area (Å²) in [4.78, 5) is 12.5. The Labute approximate surface area is 189 Å². The standard InChI is InChI=1S/C27H18O6/c28-22(17-4-2-1-3-5-17)9-8-20-14-21(18-6-10-23-25(12-18)31-15-29-23)27(33-20)19-7-11-24-26(13-19)32-16-30-24/h1-14H,15-16H2/b9-8+. The number of carbonyl (C=O) groups excluding carboxylic acids is 1. The third kappa shape index (κ3) is 3.61. The minimum atomic E-state index is -0.0961. The van der Waals surface area contributed by atoms with Crippen molar-refractivity contribution in [2.45, 2.75) is 0 Å². The molecule has 33 heavy (non-hydrogen) atoms. The molecule has 0 spiro atoms. The van der Waals surface area contributed by atoms with Gasteiger partial charge < -0.3 is 23.4 Å². The molecule has 0 amide bonds. The van der Waals surface area contributed by atoms with E-state index in [1.165, 1.54) is 6.08 Å². The fourth-order valence-electron chi connectivity index (χ4n) is 3.88. The van der Waals surface area contributed by atoms with Gasteiger partial charge in [0, 0.05) is 16.7 Å². The molecule has 1 aromatic heterocycles. The Hall–Kier alpha value is -4.45. The zero-order chi connectivity index (χ0) is 22.2. The van der Waals surface area contributed by atoms with Crippen molar-refractivity contribution >= 4 is 11.9 Å². The molecule has 0 aliphatic carbocycles. The van der Waals surface area contributed by atoms with Gasteiger partial charge in [0.15, 0.2) is 28.8 Å². The minimum Gasteiger partial charge on any atom is -0.456 e. The van der Waals surface area contributed by atoms with Crippen molar-refractivity contribution < 1.29 is 28.2 Å². The number of hydrogen-bond acceptors (Lipinski definition) is 6. The van der Waals surface area contributed by atoms with E-state index < -0.39 is 0 Å². The van der Waals surface area contributed by atoms with Gasteiger partial charge in [-0.05, 0) is 54.1 Å². The average Bonchev–Trinajstić information content (AvgIpc) is 3.61.